The average molecular weight is 354 g/mol. The lowest BCUT2D eigenvalue weighted by Gasteiger charge is -2.34. The van der Waals surface area contributed by atoms with Crippen LogP contribution in [0.5, 0.6) is 0 Å². The van der Waals surface area contributed by atoms with E-state index < -0.39 is 10.0 Å². The number of benzene rings is 1. The summed E-state index contributed by atoms with van der Waals surface area (Å²) in [7, 11) is -1.89. The second-order valence-electron chi connectivity index (χ2n) is 6.15. The van der Waals surface area contributed by atoms with E-state index in [9.17, 15) is 13.2 Å². The van der Waals surface area contributed by atoms with Crippen molar-refractivity contribution >= 4 is 15.9 Å². The molecule has 24 heavy (non-hydrogen) atoms. The van der Waals surface area contributed by atoms with Crippen molar-refractivity contribution in [2.75, 3.05) is 39.9 Å². The number of rotatable bonds is 6. The number of methoxy groups -OCH3 is 1. The standard InChI is InChI=1S/C17H26N2O4S/c1-14-6-7-16(15(2)13-14)24(21,22)19-10-8-18(9-11-19)17(20)5-4-12-23-3/h6-7,13H,4-5,8-12H2,1-3H3. The number of carbonyl (C=O) groups excluding carboxylic acids is 1. The first-order valence-corrected chi connectivity index (χ1v) is 9.64. The van der Waals surface area contributed by atoms with E-state index in [1.165, 1.54) is 4.31 Å². The van der Waals surface area contributed by atoms with Gasteiger partial charge in [-0.2, -0.15) is 4.31 Å². The summed E-state index contributed by atoms with van der Waals surface area (Å²) in [4.78, 5) is 14.2. The Balaban J connectivity index is 1.99. The van der Waals surface area contributed by atoms with Crippen molar-refractivity contribution in [2.24, 2.45) is 0 Å². The molecule has 0 radical (unpaired) electrons. The number of sulfonamides is 1. The number of amides is 1. The van der Waals surface area contributed by atoms with Crippen molar-refractivity contribution in [1.29, 1.82) is 0 Å². The van der Waals surface area contributed by atoms with Crippen molar-refractivity contribution in [2.45, 2.75) is 31.6 Å². The Labute approximate surface area is 144 Å². The normalized spacial score (nSPS) is 16.4. The van der Waals surface area contributed by atoms with Gasteiger partial charge in [0.1, 0.15) is 0 Å². The molecule has 134 valence electrons. The molecule has 2 rings (SSSR count). The van der Waals surface area contributed by atoms with Gasteiger partial charge >= 0.3 is 0 Å². The van der Waals surface area contributed by atoms with Gasteiger partial charge in [0.15, 0.2) is 0 Å². The van der Waals surface area contributed by atoms with Gasteiger partial charge in [0.2, 0.25) is 15.9 Å². The fourth-order valence-electron chi connectivity index (χ4n) is 2.93. The molecule has 6 nitrogen and oxygen atoms in total. The van der Waals surface area contributed by atoms with E-state index in [0.29, 0.717) is 50.5 Å². The molecule has 1 amide bonds. The van der Waals surface area contributed by atoms with Gasteiger partial charge in [0, 0.05) is 46.3 Å². The number of piperazine rings is 1. The Morgan fingerprint density at radius 3 is 2.42 bits per heavy atom. The van der Waals surface area contributed by atoms with Gasteiger partial charge in [-0.1, -0.05) is 17.7 Å². The third-order valence-corrected chi connectivity index (χ3v) is 6.34. The van der Waals surface area contributed by atoms with E-state index in [1.54, 1.807) is 18.1 Å². The molecule has 0 N–H and O–H groups in total. The molecule has 1 aliphatic heterocycles. The number of hydrogen-bond donors (Lipinski definition) is 0. The van der Waals surface area contributed by atoms with Crippen LogP contribution in [-0.2, 0) is 19.6 Å². The molecule has 0 aromatic heterocycles. The zero-order chi connectivity index (χ0) is 17.7. The van der Waals surface area contributed by atoms with Crippen molar-refractivity contribution in [3.05, 3.63) is 29.3 Å². The maximum absolute atomic E-state index is 12.8. The van der Waals surface area contributed by atoms with Gasteiger partial charge in [-0.25, -0.2) is 8.42 Å². The molecule has 1 aromatic rings. The molecule has 0 saturated carbocycles. The van der Waals surface area contributed by atoms with Gasteiger partial charge in [-0.15, -0.1) is 0 Å². The van der Waals surface area contributed by atoms with Crippen LogP contribution >= 0.6 is 0 Å². The predicted molar refractivity (Wildman–Crippen MR) is 92.4 cm³/mol. The summed E-state index contributed by atoms with van der Waals surface area (Å²) in [5, 5.41) is 0. The Hall–Kier alpha value is -1.44. The van der Waals surface area contributed by atoms with E-state index in [-0.39, 0.29) is 5.91 Å². The number of hydrogen-bond acceptors (Lipinski definition) is 4. The topological polar surface area (TPSA) is 66.9 Å². The molecule has 0 spiro atoms. The Morgan fingerprint density at radius 2 is 1.83 bits per heavy atom. The van der Waals surface area contributed by atoms with Crippen molar-refractivity contribution in [1.82, 2.24) is 9.21 Å². The highest BCUT2D eigenvalue weighted by atomic mass is 32.2. The van der Waals surface area contributed by atoms with Crippen LogP contribution in [-0.4, -0.2) is 63.4 Å². The SMILES string of the molecule is COCCCC(=O)N1CCN(S(=O)(=O)c2ccc(C)cc2C)CC1. The minimum absolute atomic E-state index is 0.0654. The van der Waals surface area contributed by atoms with Gasteiger partial charge in [0.25, 0.3) is 0 Å². The summed E-state index contributed by atoms with van der Waals surface area (Å²) >= 11 is 0. The maximum Gasteiger partial charge on any atom is 0.243 e. The second-order valence-corrected chi connectivity index (χ2v) is 8.06. The van der Waals surface area contributed by atoms with E-state index in [1.807, 2.05) is 26.0 Å². The zero-order valence-corrected chi connectivity index (χ0v) is 15.4. The van der Waals surface area contributed by atoms with Crippen LogP contribution < -0.4 is 0 Å². The molecule has 0 bridgehead atoms. The minimum atomic E-state index is -3.50. The van der Waals surface area contributed by atoms with Crippen molar-refractivity contribution in [3.8, 4) is 0 Å². The van der Waals surface area contributed by atoms with Crippen LogP contribution in [0.2, 0.25) is 0 Å². The van der Waals surface area contributed by atoms with E-state index in [2.05, 4.69) is 0 Å². The van der Waals surface area contributed by atoms with Gasteiger partial charge < -0.3 is 9.64 Å². The molecular formula is C17H26N2O4S. The highest BCUT2D eigenvalue weighted by Gasteiger charge is 2.30. The summed E-state index contributed by atoms with van der Waals surface area (Å²) < 4.78 is 32.1. The summed E-state index contributed by atoms with van der Waals surface area (Å²) in [6.45, 7) is 5.88. The zero-order valence-electron chi connectivity index (χ0n) is 14.6. The lowest BCUT2D eigenvalue weighted by Crippen LogP contribution is -2.50. The molecule has 0 aliphatic carbocycles. The molecule has 0 unspecified atom stereocenters. The van der Waals surface area contributed by atoms with Gasteiger partial charge in [-0.3, -0.25) is 4.79 Å². The minimum Gasteiger partial charge on any atom is -0.385 e. The first-order valence-electron chi connectivity index (χ1n) is 8.20. The van der Waals surface area contributed by atoms with E-state index in [4.69, 9.17) is 4.74 Å². The number of ether oxygens (including phenoxy) is 1. The molecular weight excluding hydrogens is 328 g/mol. The number of aryl methyl sites for hydroxylation is 2. The molecule has 1 aromatic carbocycles. The summed E-state index contributed by atoms with van der Waals surface area (Å²) in [6.07, 6.45) is 1.13. The first kappa shape index (κ1) is 18.9. The molecule has 1 saturated heterocycles. The lowest BCUT2D eigenvalue weighted by atomic mass is 10.2. The second kappa shape index (κ2) is 8.09. The average Bonchev–Trinajstić information content (AvgIpc) is 2.54. The van der Waals surface area contributed by atoms with Crippen molar-refractivity contribution < 1.29 is 17.9 Å². The quantitative estimate of drug-likeness (QED) is 0.727. The summed E-state index contributed by atoms with van der Waals surface area (Å²) in [5.41, 5.74) is 1.80. The largest absolute Gasteiger partial charge is 0.385 e. The Kier molecular flexibility index (Phi) is 6.37. The Morgan fingerprint density at radius 1 is 1.17 bits per heavy atom. The highest BCUT2D eigenvalue weighted by Crippen LogP contribution is 2.22. The van der Waals surface area contributed by atoms with Crippen LogP contribution in [0.25, 0.3) is 0 Å². The first-order chi connectivity index (χ1) is 11.4. The number of carbonyl (C=O) groups is 1. The monoisotopic (exact) mass is 354 g/mol. The maximum atomic E-state index is 12.8. The summed E-state index contributed by atoms with van der Waals surface area (Å²) in [5.74, 6) is 0.0654. The Bertz CT molecular complexity index is 680. The van der Waals surface area contributed by atoms with E-state index >= 15 is 0 Å². The van der Waals surface area contributed by atoms with Crippen LogP contribution in [0, 0.1) is 13.8 Å². The fraction of sp³-hybridized carbons (Fsp3) is 0.588. The van der Waals surface area contributed by atoms with E-state index in [0.717, 1.165) is 11.1 Å². The van der Waals surface area contributed by atoms with Gasteiger partial charge in [-0.05, 0) is 31.9 Å². The van der Waals surface area contributed by atoms with Crippen LogP contribution in [0.1, 0.15) is 24.0 Å². The third-order valence-electron chi connectivity index (χ3n) is 4.28. The molecule has 1 heterocycles. The highest BCUT2D eigenvalue weighted by molar-refractivity contribution is 7.89. The van der Waals surface area contributed by atoms with Crippen LogP contribution in [0.4, 0.5) is 0 Å². The van der Waals surface area contributed by atoms with Crippen molar-refractivity contribution in [3.63, 3.8) is 0 Å². The lowest BCUT2D eigenvalue weighted by molar-refractivity contribution is -0.132. The molecule has 0 atom stereocenters. The predicted octanol–water partition coefficient (Wildman–Crippen LogP) is 1.56. The summed E-state index contributed by atoms with van der Waals surface area (Å²) in [6, 6.07) is 5.36. The van der Waals surface area contributed by atoms with Gasteiger partial charge in [0.05, 0.1) is 4.90 Å². The molecule has 1 fully saturated rings. The fourth-order valence-corrected chi connectivity index (χ4v) is 4.56. The smallest absolute Gasteiger partial charge is 0.243 e. The third kappa shape index (κ3) is 4.34. The van der Waals surface area contributed by atoms with Crippen LogP contribution in [0.3, 0.4) is 0 Å². The molecule has 7 heteroatoms. The molecule has 1 aliphatic rings. The number of nitrogens with zero attached hydrogens (tertiary/aromatic N) is 2. The van der Waals surface area contributed by atoms with Crippen LogP contribution in [0.15, 0.2) is 23.1 Å².